The molecule has 156 valence electrons. The van der Waals surface area contributed by atoms with Crippen LogP contribution in [0.5, 0.6) is 5.75 Å². The van der Waals surface area contributed by atoms with Crippen LogP contribution >= 0.6 is 0 Å². The number of benzene rings is 2. The van der Waals surface area contributed by atoms with Gasteiger partial charge in [-0.05, 0) is 41.8 Å². The highest BCUT2D eigenvalue weighted by molar-refractivity contribution is 5.78. The highest BCUT2D eigenvalue weighted by Crippen LogP contribution is 2.21. The van der Waals surface area contributed by atoms with Crippen LogP contribution in [-0.4, -0.2) is 35.9 Å². The molecule has 3 rings (SSSR count). The van der Waals surface area contributed by atoms with E-state index in [2.05, 4.69) is 10.4 Å². The van der Waals surface area contributed by atoms with Gasteiger partial charge in [-0.15, -0.1) is 0 Å². The fourth-order valence-corrected chi connectivity index (χ4v) is 3.07. The number of aryl methyl sites for hydroxylation is 1. The summed E-state index contributed by atoms with van der Waals surface area (Å²) in [5, 5.41) is 7.29. The minimum Gasteiger partial charge on any atom is -0.497 e. The molecule has 0 bridgehead atoms. The molecule has 1 heterocycles. The third-order valence-corrected chi connectivity index (χ3v) is 4.75. The zero-order valence-corrected chi connectivity index (χ0v) is 17.1. The Morgan fingerprint density at radius 1 is 1.07 bits per heavy atom. The van der Waals surface area contributed by atoms with Gasteiger partial charge in [0.15, 0.2) is 0 Å². The molecule has 2 aromatic carbocycles. The van der Waals surface area contributed by atoms with Crippen LogP contribution in [0.3, 0.4) is 0 Å². The molecule has 7 nitrogen and oxygen atoms in total. The third-order valence-electron chi connectivity index (χ3n) is 4.75. The number of nitrogens with one attached hydrogen (secondary N) is 1. The number of para-hydroxylation sites is 1. The Hall–Kier alpha value is -3.61. The molecule has 0 aliphatic rings. The van der Waals surface area contributed by atoms with Crippen molar-refractivity contribution in [2.45, 2.75) is 25.3 Å². The first-order valence-corrected chi connectivity index (χ1v) is 9.68. The van der Waals surface area contributed by atoms with Crippen molar-refractivity contribution in [3.8, 4) is 11.4 Å². The molecule has 1 unspecified atom stereocenters. The predicted octanol–water partition coefficient (Wildman–Crippen LogP) is 3.23. The van der Waals surface area contributed by atoms with Crippen LogP contribution in [0.2, 0.25) is 0 Å². The van der Waals surface area contributed by atoms with Gasteiger partial charge in [-0.1, -0.05) is 30.3 Å². The molecule has 1 N–H and O–H groups in total. The number of rotatable bonds is 9. The first-order chi connectivity index (χ1) is 14.6. The quantitative estimate of drug-likeness (QED) is 0.551. The molecule has 0 spiro atoms. The summed E-state index contributed by atoms with van der Waals surface area (Å²) in [6.07, 6.45) is 4.56. The molecule has 1 atom stereocenters. The molecule has 1 aromatic heterocycles. The van der Waals surface area contributed by atoms with Gasteiger partial charge < -0.3 is 14.8 Å². The van der Waals surface area contributed by atoms with Crippen LogP contribution < -0.4 is 10.1 Å². The van der Waals surface area contributed by atoms with E-state index in [1.807, 2.05) is 48.7 Å². The smallest absolute Gasteiger partial charge is 0.307 e. The molecule has 3 aromatic rings. The Morgan fingerprint density at radius 3 is 2.47 bits per heavy atom. The lowest BCUT2D eigenvalue weighted by Gasteiger charge is -2.18. The van der Waals surface area contributed by atoms with Crippen molar-refractivity contribution in [3.05, 3.63) is 78.1 Å². The van der Waals surface area contributed by atoms with Crippen molar-refractivity contribution in [2.75, 3.05) is 14.2 Å². The summed E-state index contributed by atoms with van der Waals surface area (Å²) in [5.74, 6) is 0.171. The van der Waals surface area contributed by atoms with Gasteiger partial charge in [-0.25, -0.2) is 4.68 Å². The van der Waals surface area contributed by atoms with E-state index in [-0.39, 0.29) is 24.7 Å². The summed E-state index contributed by atoms with van der Waals surface area (Å²) in [4.78, 5) is 24.4. The van der Waals surface area contributed by atoms with E-state index in [1.54, 1.807) is 30.1 Å². The average Bonchev–Trinajstić information content (AvgIpc) is 3.27. The van der Waals surface area contributed by atoms with Crippen molar-refractivity contribution < 1.29 is 19.1 Å². The number of amides is 1. The number of hydrogen-bond donors (Lipinski definition) is 1. The monoisotopic (exact) mass is 407 g/mol. The zero-order valence-electron chi connectivity index (χ0n) is 17.1. The maximum Gasteiger partial charge on any atom is 0.307 e. The summed E-state index contributed by atoms with van der Waals surface area (Å²) in [6, 6.07) is 16.6. The van der Waals surface area contributed by atoms with Crippen LogP contribution in [0.15, 0.2) is 67.0 Å². The first-order valence-electron chi connectivity index (χ1n) is 9.68. The van der Waals surface area contributed by atoms with Crippen LogP contribution in [0, 0.1) is 0 Å². The maximum absolute atomic E-state index is 12.6. The van der Waals surface area contributed by atoms with Gasteiger partial charge in [0.05, 0.1) is 38.6 Å². The van der Waals surface area contributed by atoms with E-state index in [0.717, 1.165) is 16.8 Å². The van der Waals surface area contributed by atoms with Crippen molar-refractivity contribution in [3.63, 3.8) is 0 Å². The third kappa shape index (κ3) is 5.70. The first kappa shape index (κ1) is 21.1. The molecule has 0 radical (unpaired) electrons. The number of nitrogens with zero attached hydrogens (tertiary/aromatic N) is 2. The highest BCUT2D eigenvalue weighted by Gasteiger charge is 2.19. The molecule has 30 heavy (non-hydrogen) atoms. The highest BCUT2D eigenvalue weighted by atomic mass is 16.5. The standard InChI is InChI=1S/C23H25N3O4/c1-29-20-11-9-18(10-12-20)21(14-23(28)30-2)25-22(27)13-8-17-15-24-26(16-17)19-6-4-3-5-7-19/h3-7,9-12,15-16,21H,8,13-14H2,1-2H3,(H,25,27). The number of carbonyl (C=O) groups excluding carboxylic acids is 2. The Bertz CT molecular complexity index is 968. The molecule has 0 aliphatic carbocycles. The summed E-state index contributed by atoms with van der Waals surface area (Å²) in [6.45, 7) is 0. The largest absolute Gasteiger partial charge is 0.497 e. The summed E-state index contributed by atoms with van der Waals surface area (Å²) in [7, 11) is 2.92. The number of methoxy groups -OCH3 is 2. The number of aromatic nitrogens is 2. The molecule has 0 saturated heterocycles. The predicted molar refractivity (Wildman–Crippen MR) is 112 cm³/mol. The van der Waals surface area contributed by atoms with Gasteiger partial charge in [0, 0.05) is 12.6 Å². The molecule has 0 saturated carbocycles. The normalized spacial score (nSPS) is 11.5. The van der Waals surface area contributed by atoms with Gasteiger partial charge in [0.1, 0.15) is 5.75 Å². The second kappa shape index (κ2) is 10.2. The number of hydrogen-bond acceptors (Lipinski definition) is 5. The van der Waals surface area contributed by atoms with Crippen molar-refractivity contribution >= 4 is 11.9 Å². The molecule has 0 fully saturated rings. The van der Waals surface area contributed by atoms with Crippen molar-refractivity contribution in [1.82, 2.24) is 15.1 Å². The summed E-state index contributed by atoms with van der Waals surface area (Å²) in [5.41, 5.74) is 2.74. The van der Waals surface area contributed by atoms with Gasteiger partial charge in [0.25, 0.3) is 0 Å². The van der Waals surface area contributed by atoms with Crippen LogP contribution in [0.4, 0.5) is 0 Å². The van der Waals surface area contributed by atoms with Gasteiger partial charge in [-0.3, -0.25) is 9.59 Å². The van der Waals surface area contributed by atoms with E-state index in [1.165, 1.54) is 7.11 Å². The lowest BCUT2D eigenvalue weighted by molar-refractivity contribution is -0.141. The average molecular weight is 407 g/mol. The fourth-order valence-electron chi connectivity index (χ4n) is 3.07. The van der Waals surface area contributed by atoms with Gasteiger partial charge >= 0.3 is 5.97 Å². The van der Waals surface area contributed by atoms with Crippen LogP contribution in [-0.2, 0) is 20.7 Å². The van der Waals surface area contributed by atoms with E-state index < -0.39 is 6.04 Å². The van der Waals surface area contributed by atoms with Crippen molar-refractivity contribution in [2.24, 2.45) is 0 Å². The Labute approximate surface area is 175 Å². The fraction of sp³-hybridized carbons (Fsp3) is 0.261. The Balaban J connectivity index is 1.61. The summed E-state index contributed by atoms with van der Waals surface area (Å²) >= 11 is 0. The lowest BCUT2D eigenvalue weighted by Crippen LogP contribution is -2.30. The second-order valence-electron chi connectivity index (χ2n) is 6.80. The number of ether oxygens (including phenoxy) is 2. The number of esters is 1. The Morgan fingerprint density at radius 2 is 1.80 bits per heavy atom. The van der Waals surface area contributed by atoms with Crippen LogP contribution in [0.1, 0.15) is 30.0 Å². The lowest BCUT2D eigenvalue weighted by atomic mass is 10.0. The molecule has 0 aliphatic heterocycles. The molecule has 7 heteroatoms. The topological polar surface area (TPSA) is 82.5 Å². The van der Waals surface area contributed by atoms with E-state index in [4.69, 9.17) is 9.47 Å². The van der Waals surface area contributed by atoms with Crippen LogP contribution in [0.25, 0.3) is 5.69 Å². The molecular formula is C23H25N3O4. The van der Waals surface area contributed by atoms with Gasteiger partial charge in [-0.2, -0.15) is 5.10 Å². The van der Waals surface area contributed by atoms with Gasteiger partial charge in [0.2, 0.25) is 5.91 Å². The minimum atomic E-state index is -0.470. The summed E-state index contributed by atoms with van der Waals surface area (Å²) < 4.78 is 11.7. The minimum absolute atomic E-state index is 0.0561. The zero-order chi connectivity index (χ0) is 21.3. The van der Waals surface area contributed by atoms with E-state index in [9.17, 15) is 9.59 Å². The maximum atomic E-state index is 12.6. The van der Waals surface area contributed by atoms with E-state index >= 15 is 0 Å². The SMILES string of the molecule is COC(=O)CC(NC(=O)CCc1cnn(-c2ccccc2)c1)c1ccc(OC)cc1. The molecular weight excluding hydrogens is 382 g/mol. The number of carbonyl (C=O) groups is 2. The Kier molecular flexibility index (Phi) is 7.21. The van der Waals surface area contributed by atoms with Crippen molar-refractivity contribution in [1.29, 1.82) is 0 Å². The second-order valence-corrected chi connectivity index (χ2v) is 6.80. The molecule has 1 amide bonds. The van der Waals surface area contributed by atoms with E-state index in [0.29, 0.717) is 12.2 Å².